The summed E-state index contributed by atoms with van der Waals surface area (Å²) in [5.74, 6) is 0. The van der Waals surface area contributed by atoms with Gasteiger partial charge in [-0.15, -0.1) is 0 Å². The molecule has 1 N–H and O–H groups in total. The lowest BCUT2D eigenvalue weighted by molar-refractivity contribution is 0.325. The van der Waals surface area contributed by atoms with Crippen LogP contribution in [0.3, 0.4) is 0 Å². The lowest BCUT2D eigenvalue weighted by atomic mass is 9.95. The van der Waals surface area contributed by atoms with Crippen molar-refractivity contribution < 1.29 is 0 Å². The van der Waals surface area contributed by atoms with Crippen LogP contribution in [0.25, 0.3) is 0 Å². The Labute approximate surface area is 86.5 Å². The van der Waals surface area contributed by atoms with E-state index in [4.69, 9.17) is 0 Å². The average Bonchev–Trinajstić information content (AvgIpc) is 2.61. The van der Waals surface area contributed by atoms with E-state index in [2.05, 4.69) is 37.3 Å². The van der Waals surface area contributed by atoms with Crippen LogP contribution in [0.5, 0.6) is 0 Å². The highest BCUT2D eigenvalue weighted by molar-refractivity contribution is 5.00. The highest BCUT2D eigenvalue weighted by Crippen LogP contribution is 2.14. The van der Waals surface area contributed by atoms with Gasteiger partial charge in [0.15, 0.2) is 0 Å². The third kappa shape index (κ3) is 2.58. The Morgan fingerprint density at radius 3 is 2.50 bits per heavy atom. The minimum absolute atomic E-state index is 0.254. The fourth-order valence-corrected chi connectivity index (χ4v) is 1.38. The van der Waals surface area contributed by atoms with Gasteiger partial charge in [0.25, 0.3) is 0 Å². The maximum Gasteiger partial charge on any atom is 0.0518 e. The first-order valence-electron chi connectivity index (χ1n) is 5.33. The molecule has 0 saturated carbocycles. The van der Waals surface area contributed by atoms with Crippen molar-refractivity contribution in [2.75, 3.05) is 0 Å². The van der Waals surface area contributed by atoms with Gasteiger partial charge in [-0.2, -0.15) is 5.10 Å². The molecule has 14 heavy (non-hydrogen) atoms. The summed E-state index contributed by atoms with van der Waals surface area (Å²) in [7, 11) is 1.98. The fraction of sp³-hybridized carbons (Fsp3) is 0.727. The van der Waals surface area contributed by atoms with Gasteiger partial charge < -0.3 is 5.32 Å². The lowest BCUT2D eigenvalue weighted by Gasteiger charge is -2.28. The standard InChI is InChI=1S/C11H21N3/c1-5-11(3,6-2)12-9-10-7-8-13-14(10)4/h7-8,12H,5-6,9H2,1-4H3. The Bertz CT molecular complexity index is 274. The van der Waals surface area contributed by atoms with Gasteiger partial charge in [0.2, 0.25) is 0 Å². The quantitative estimate of drug-likeness (QED) is 0.779. The van der Waals surface area contributed by atoms with Crippen molar-refractivity contribution in [3.05, 3.63) is 18.0 Å². The fourth-order valence-electron chi connectivity index (χ4n) is 1.38. The topological polar surface area (TPSA) is 29.9 Å². The Morgan fingerprint density at radius 1 is 1.43 bits per heavy atom. The van der Waals surface area contributed by atoms with E-state index >= 15 is 0 Å². The molecule has 0 unspecified atom stereocenters. The summed E-state index contributed by atoms with van der Waals surface area (Å²) in [5, 5.41) is 7.72. The summed E-state index contributed by atoms with van der Waals surface area (Å²) in [6.07, 6.45) is 4.15. The van der Waals surface area contributed by atoms with Crippen LogP contribution in [0, 0.1) is 0 Å². The molecule has 3 heteroatoms. The van der Waals surface area contributed by atoms with Crippen LogP contribution >= 0.6 is 0 Å². The summed E-state index contributed by atoms with van der Waals surface area (Å²) in [6.45, 7) is 7.61. The summed E-state index contributed by atoms with van der Waals surface area (Å²) < 4.78 is 1.92. The molecule has 80 valence electrons. The second kappa shape index (κ2) is 4.60. The Balaban J connectivity index is 2.52. The number of aryl methyl sites for hydroxylation is 1. The smallest absolute Gasteiger partial charge is 0.0518 e. The van der Waals surface area contributed by atoms with Crippen molar-refractivity contribution in [2.45, 2.75) is 45.7 Å². The summed E-state index contributed by atoms with van der Waals surface area (Å²) in [4.78, 5) is 0. The summed E-state index contributed by atoms with van der Waals surface area (Å²) in [5.41, 5.74) is 1.49. The maximum atomic E-state index is 4.15. The van der Waals surface area contributed by atoms with Crippen LogP contribution in [-0.4, -0.2) is 15.3 Å². The van der Waals surface area contributed by atoms with E-state index in [9.17, 15) is 0 Å². The van der Waals surface area contributed by atoms with E-state index in [0.29, 0.717) is 0 Å². The number of hydrogen-bond acceptors (Lipinski definition) is 2. The molecule has 1 aromatic rings. The van der Waals surface area contributed by atoms with Crippen molar-refractivity contribution in [3.8, 4) is 0 Å². The predicted octanol–water partition coefficient (Wildman–Crippen LogP) is 2.09. The van der Waals surface area contributed by atoms with Crippen molar-refractivity contribution in [3.63, 3.8) is 0 Å². The number of nitrogens with one attached hydrogen (secondary N) is 1. The van der Waals surface area contributed by atoms with Crippen LogP contribution in [0.2, 0.25) is 0 Å². The summed E-state index contributed by atoms with van der Waals surface area (Å²) >= 11 is 0. The second-order valence-corrected chi connectivity index (χ2v) is 4.07. The Hall–Kier alpha value is -0.830. The van der Waals surface area contributed by atoms with E-state index in [1.54, 1.807) is 0 Å². The zero-order valence-electron chi connectivity index (χ0n) is 9.67. The molecule has 1 rings (SSSR count). The third-order valence-electron chi connectivity index (χ3n) is 3.18. The third-order valence-corrected chi connectivity index (χ3v) is 3.18. The van der Waals surface area contributed by atoms with Crippen LogP contribution in [0.1, 0.15) is 39.3 Å². The molecular weight excluding hydrogens is 174 g/mol. The molecule has 0 aliphatic heterocycles. The number of hydrogen-bond donors (Lipinski definition) is 1. The minimum atomic E-state index is 0.254. The molecule has 0 fully saturated rings. The SMILES string of the molecule is CCC(C)(CC)NCc1ccnn1C. The molecule has 3 nitrogen and oxygen atoms in total. The molecule has 0 spiro atoms. The monoisotopic (exact) mass is 195 g/mol. The largest absolute Gasteiger partial charge is 0.306 e. The zero-order chi connectivity index (χ0) is 10.6. The molecule has 0 bridgehead atoms. The van der Waals surface area contributed by atoms with Crippen LogP contribution in [0.15, 0.2) is 12.3 Å². The molecule has 1 aromatic heterocycles. The van der Waals surface area contributed by atoms with Gasteiger partial charge in [-0.25, -0.2) is 0 Å². The minimum Gasteiger partial charge on any atom is -0.306 e. The Morgan fingerprint density at radius 2 is 2.07 bits per heavy atom. The van der Waals surface area contributed by atoms with Gasteiger partial charge >= 0.3 is 0 Å². The molecule has 1 heterocycles. The summed E-state index contributed by atoms with van der Waals surface area (Å²) in [6, 6.07) is 2.05. The maximum absolute atomic E-state index is 4.15. The first-order chi connectivity index (χ1) is 6.61. The molecule has 0 amide bonds. The molecule has 0 aromatic carbocycles. The second-order valence-electron chi connectivity index (χ2n) is 4.07. The molecular formula is C11H21N3. The number of rotatable bonds is 5. The van der Waals surface area contributed by atoms with E-state index in [-0.39, 0.29) is 5.54 Å². The highest BCUT2D eigenvalue weighted by atomic mass is 15.3. The van der Waals surface area contributed by atoms with Gasteiger partial charge in [0.05, 0.1) is 5.69 Å². The van der Waals surface area contributed by atoms with E-state index < -0.39 is 0 Å². The van der Waals surface area contributed by atoms with E-state index in [1.165, 1.54) is 5.69 Å². The van der Waals surface area contributed by atoms with Crippen molar-refractivity contribution in [1.29, 1.82) is 0 Å². The van der Waals surface area contributed by atoms with Crippen LogP contribution in [-0.2, 0) is 13.6 Å². The van der Waals surface area contributed by atoms with Crippen molar-refractivity contribution in [1.82, 2.24) is 15.1 Å². The molecule has 0 radical (unpaired) electrons. The molecule has 0 atom stereocenters. The first-order valence-corrected chi connectivity index (χ1v) is 5.33. The first kappa shape index (κ1) is 11.2. The van der Waals surface area contributed by atoms with Gasteiger partial charge in [-0.1, -0.05) is 13.8 Å². The number of nitrogens with zero attached hydrogens (tertiary/aromatic N) is 2. The average molecular weight is 195 g/mol. The van der Waals surface area contributed by atoms with Gasteiger partial charge in [-0.3, -0.25) is 4.68 Å². The zero-order valence-corrected chi connectivity index (χ0v) is 9.67. The molecule has 0 aliphatic rings. The van der Waals surface area contributed by atoms with Crippen LogP contribution in [0.4, 0.5) is 0 Å². The van der Waals surface area contributed by atoms with Crippen molar-refractivity contribution >= 4 is 0 Å². The normalized spacial score (nSPS) is 12.0. The van der Waals surface area contributed by atoms with E-state index in [0.717, 1.165) is 19.4 Å². The van der Waals surface area contributed by atoms with Crippen LogP contribution < -0.4 is 5.32 Å². The van der Waals surface area contributed by atoms with Gasteiger partial charge in [-0.05, 0) is 25.8 Å². The van der Waals surface area contributed by atoms with Gasteiger partial charge in [0, 0.05) is 25.3 Å². The predicted molar refractivity (Wildman–Crippen MR) is 59.0 cm³/mol. The van der Waals surface area contributed by atoms with Crippen molar-refractivity contribution in [2.24, 2.45) is 7.05 Å². The number of aromatic nitrogens is 2. The Kier molecular flexibility index (Phi) is 3.69. The lowest BCUT2D eigenvalue weighted by Crippen LogP contribution is -2.40. The highest BCUT2D eigenvalue weighted by Gasteiger charge is 2.18. The molecule has 0 saturated heterocycles. The van der Waals surface area contributed by atoms with Gasteiger partial charge in [0.1, 0.15) is 0 Å². The van der Waals surface area contributed by atoms with E-state index in [1.807, 2.05) is 17.9 Å². The molecule has 0 aliphatic carbocycles.